The average molecular weight is 470 g/mol. The summed E-state index contributed by atoms with van der Waals surface area (Å²) in [5, 5.41) is 3.10. The fraction of sp³-hybridized carbons (Fsp3) is 0.321. The minimum Gasteiger partial charge on any atom is -0.475 e. The summed E-state index contributed by atoms with van der Waals surface area (Å²) in [5.74, 6) is 1.65. The molecule has 1 aliphatic carbocycles. The Morgan fingerprint density at radius 1 is 1.09 bits per heavy atom. The topological polar surface area (TPSA) is 55.3 Å². The van der Waals surface area contributed by atoms with Crippen LogP contribution < -0.4 is 4.74 Å². The van der Waals surface area contributed by atoms with Crippen molar-refractivity contribution in [2.24, 2.45) is 11.8 Å². The van der Waals surface area contributed by atoms with Crippen LogP contribution in [0.15, 0.2) is 66.9 Å². The van der Waals surface area contributed by atoms with Gasteiger partial charge < -0.3 is 9.64 Å². The number of hydrogen-bond acceptors (Lipinski definition) is 5. The number of ether oxygens (including phenoxy) is 1. The Bertz CT molecular complexity index is 1350. The van der Waals surface area contributed by atoms with Gasteiger partial charge in [0.05, 0.1) is 15.9 Å². The SMILES string of the molecule is Cc1nc(C(=O)N2C3CC(C3)[C@@H](C)[C@@H]2COc2cc3ccccc3cn2)c(-c2ccccc2)s1. The summed E-state index contributed by atoms with van der Waals surface area (Å²) < 4.78 is 6.21. The van der Waals surface area contributed by atoms with Gasteiger partial charge >= 0.3 is 0 Å². The van der Waals surface area contributed by atoms with Crippen molar-refractivity contribution in [2.75, 3.05) is 6.61 Å². The van der Waals surface area contributed by atoms with Crippen LogP contribution in [0.2, 0.25) is 0 Å². The number of carbonyl (C=O) groups is 1. The molecule has 3 aliphatic rings. The molecule has 0 unspecified atom stereocenters. The molecule has 0 spiro atoms. The van der Waals surface area contributed by atoms with Crippen LogP contribution >= 0.6 is 11.3 Å². The molecule has 1 saturated carbocycles. The summed E-state index contributed by atoms with van der Waals surface area (Å²) in [4.78, 5) is 26.2. The molecule has 2 saturated heterocycles. The van der Waals surface area contributed by atoms with Crippen LogP contribution in [-0.2, 0) is 0 Å². The van der Waals surface area contributed by atoms with Crippen LogP contribution in [0.3, 0.4) is 0 Å². The van der Waals surface area contributed by atoms with Crippen molar-refractivity contribution in [3.63, 3.8) is 0 Å². The van der Waals surface area contributed by atoms with E-state index in [2.05, 4.69) is 22.9 Å². The Labute approximate surface area is 203 Å². The maximum atomic E-state index is 14.0. The Morgan fingerprint density at radius 2 is 1.82 bits per heavy atom. The zero-order chi connectivity index (χ0) is 23.2. The van der Waals surface area contributed by atoms with E-state index in [-0.39, 0.29) is 18.0 Å². The molecule has 2 atom stereocenters. The van der Waals surface area contributed by atoms with E-state index in [1.807, 2.05) is 67.7 Å². The van der Waals surface area contributed by atoms with Crippen molar-refractivity contribution < 1.29 is 9.53 Å². The summed E-state index contributed by atoms with van der Waals surface area (Å²) >= 11 is 1.59. The lowest BCUT2D eigenvalue weighted by Crippen LogP contribution is -2.64. The van der Waals surface area contributed by atoms with Gasteiger partial charge in [0.15, 0.2) is 0 Å². The molecular formula is C28H27N3O2S. The third-order valence-electron chi connectivity index (χ3n) is 7.47. The number of hydrogen-bond donors (Lipinski definition) is 0. The monoisotopic (exact) mass is 469 g/mol. The molecule has 0 N–H and O–H groups in total. The lowest BCUT2D eigenvalue weighted by atomic mass is 9.64. The number of rotatable bonds is 5. The van der Waals surface area contributed by atoms with Crippen molar-refractivity contribution in [1.82, 2.24) is 14.9 Å². The number of pyridine rings is 1. The number of amides is 1. The molecule has 4 aromatic rings. The molecule has 5 nitrogen and oxygen atoms in total. The van der Waals surface area contributed by atoms with Gasteiger partial charge in [-0.3, -0.25) is 4.79 Å². The van der Waals surface area contributed by atoms with Gasteiger partial charge in [-0.05, 0) is 42.6 Å². The first-order valence-electron chi connectivity index (χ1n) is 11.9. The second kappa shape index (κ2) is 8.51. The summed E-state index contributed by atoms with van der Waals surface area (Å²) in [6, 6.07) is 20.5. The smallest absolute Gasteiger partial charge is 0.274 e. The standard InChI is InChI=1S/C28H27N3O2S/c1-17-22-12-23(13-22)31(24(17)16-33-25-14-20-10-6-7-11-21(20)15-29-25)28(32)26-27(34-18(2)30-26)19-8-4-3-5-9-19/h3-11,14-15,17,22-24H,12-13,16H2,1-2H3/t17-,22?,23?,24+/m1/s1. The van der Waals surface area contributed by atoms with Gasteiger partial charge in [0.2, 0.25) is 5.88 Å². The molecule has 2 bridgehead atoms. The molecule has 34 heavy (non-hydrogen) atoms. The highest BCUT2D eigenvalue weighted by Crippen LogP contribution is 2.47. The number of aromatic nitrogens is 2. The highest BCUT2D eigenvalue weighted by atomic mass is 32.1. The molecule has 2 aromatic heterocycles. The Hall–Kier alpha value is -3.25. The number of nitrogens with zero attached hydrogens (tertiary/aromatic N) is 3. The van der Waals surface area contributed by atoms with E-state index >= 15 is 0 Å². The first kappa shape index (κ1) is 21.3. The minimum absolute atomic E-state index is 0.00361. The van der Waals surface area contributed by atoms with Crippen LogP contribution in [0.4, 0.5) is 0 Å². The van der Waals surface area contributed by atoms with Crippen LogP contribution in [0.1, 0.15) is 35.3 Å². The maximum absolute atomic E-state index is 14.0. The van der Waals surface area contributed by atoms with Crippen LogP contribution in [0.5, 0.6) is 5.88 Å². The molecule has 3 fully saturated rings. The minimum atomic E-state index is 0.00361. The zero-order valence-electron chi connectivity index (χ0n) is 19.3. The third kappa shape index (κ3) is 3.66. The first-order valence-corrected chi connectivity index (χ1v) is 12.7. The summed E-state index contributed by atoms with van der Waals surface area (Å²) in [7, 11) is 0. The summed E-state index contributed by atoms with van der Waals surface area (Å²) in [6.07, 6.45) is 3.99. The van der Waals surface area contributed by atoms with E-state index in [1.54, 1.807) is 11.3 Å². The number of carbonyl (C=O) groups excluding carboxylic acids is 1. The van der Waals surface area contributed by atoms with Gasteiger partial charge in [-0.25, -0.2) is 9.97 Å². The van der Waals surface area contributed by atoms with Crippen molar-refractivity contribution in [3.8, 4) is 16.3 Å². The fourth-order valence-electron chi connectivity index (χ4n) is 5.47. The Balaban J connectivity index is 1.29. The number of piperidine rings is 2. The van der Waals surface area contributed by atoms with Crippen molar-refractivity contribution in [1.29, 1.82) is 0 Å². The third-order valence-corrected chi connectivity index (χ3v) is 8.49. The molecular weight excluding hydrogens is 442 g/mol. The quantitative estimate of drug-likeness (QED) is 0.361. The first-order chi connectivity index (χ1) is 16.6. The van der Waals surface area contributed by atoms with Crippen LogP contribution in [-0.4, -0.2) is 39.5 Å². The van der Waals surface area contributed by atoms with Crippen molar-refractivity contribution in [2.45, 2.75) is 38.8 Å². The largest absolute Gasteiger partial charge is 0.475 e. The molecule has 7 rings (SSSR count). The Morgan fingerprint density at radius 3 is 2.62 bits per heavy atom. The van der Waals surface area contributed by atoms with Gasteiger partial charge in [0.1, 0.15) is 12.3 Å². The Kier molecular flexibility index (Phi) is 5.33. The molecule has 2 aromatic carbocycles. The second-order valence-electron chi connectivity index (χ2n) is 9.48. The fourth-order valence-corrected chi connectivity index (χ4v) is 6.38. The van der Waals surface area contributed by atoms with E-state index < -0.39 is 0 Å². The molecule has 172 valence electrons. The second-order valence-corrected chi connectivity index (χ2v) is 10.7. The van der Waals surface area contributed by atoms with Crippen LogP contribution in [0.25, 0.3) is 21.2 Å². The van der Waals surface area contributed by atoms with Crippen LogP contribution in [0, 0.1) is 18.8 Å². The van der Waals surface area contributed by atoms with Gasteiger partial charge in [0.25, 0.3) is 5.91 Å². The average Bonchev–Trinajstić information content (AvgIpc) is 3.23. The van der Waals surface area contributed by atoms with Gasteiger partial charge in [-0.2, -0.15) is 0 Å². The number of thiazole rings is 1. The van der Waals surface area contributed by atoms with Crippen molar-refractivity contribution in [3.05, 3.63) is 77.6 Å². The number of fused-ring (bicyclic) bond motifs is 3. The lowest BCUT2D eigenvalue weighted by Gasteiger charge is -2.56. The highest BCUT2D eigenvalue weighted by molar-refractivity contribution is 7.15. The van der Waals surface area contributed by atoms with Gasteiger partial charge in [-0.1, -0.05) is 61.5 Å². The number of aryl methyl sites for hydroxylation is 1. The predicted octanol–water partition coefficient (Wildman–Crippen LogP) is 5.98. The number of benzene rings is 2. The van der Waals surface area contributed by atoms with E-state index in [0.29, 0.717) is 30.0 Å². The van der Waals surface area contributed by atoms with E-state index in [9.17, 15) is 4.79 Å². The van der Waals surface area contributed by atoms with Crippen molar-refractivity contribution >= 4 is 28.0 Å². The molecule has 2 aliphatic heterocycles. The molecule has 4 heterocycles. The normalized spacial score (nSPS) is 23.5. The van der Waals surface area contributed by atoms with Gasteiger partial charge in [-0.15, -0.1) is 11.3 Å². The van der Waals surface area contributed by atoms with E-state index in [1.165, 1.54) is 0 Å². The zero-order valence-corrected chi connectivity index (χ0v) is 20.2. The molecule has 6 heteroatoms. The maximum Gasteiger partial charge on any atom is 0.274 e. The lowest BCUT2D eigenvalue weighted by molar-refractivity contribution is -0.0676. The summed E-state index contributed by atoms with van der Waals surface area (Å²) in [5.41, 5.74) is 1.61. The van der Waals surface area contributed by atoms with Gasteiger partial charge in [0, 0.05) is 23.7 Å². The summed E-state index contributed by atoms with van der Waals surface area (Å²) in [6.45, 7) is 4.67. The molecule has 0 radical (unpaired) electrons. The van der Waals surface area contributed by atoms with E-state index in [0.717, 1.165) is 39.1 Å². The highest BCUT2D eigenvalue weighted by Gasteiger charge is 2.51. The van der Waals surface area contributed by atoms with E-state index in [4.69, 9.17) is 9.72 Å². The predicted molar refractivity (Wildman–Crippen MR) is 135 cm³/mol. The molecule has 1 amide bonds.